The van der Waals surface area contributed by atoms with Crippen LogP contribution in [0.15, 0.2) is 0 Å². The molecule has 0 aromatic rings. The van der Waals surface area contributed by atoms with Crippen LogP contribution in [0.25, 0.3) is 0 Å². The van der Waals surface area contributed by atoms with Gasteiger partial charge in [-0.15, -0.1) is 0 Å². The Morgan fingerprint density at radius 2 is 0.631 bits per heavy atom. The van der Waals surface area contributed by atoms with E-state index in [0.717, 1.165) is 57.8 Å². The van der Waals surface area contributed by atoms with Crippen LogP contribution < -0.4 is 5.32 Å². The molecule has 0 aromatic heterocycles. The molecule has 0 aliphatic carbocycles. The number of nitrogens with one attached hydrogen (secondary N) is 1. The highest BCUT2D eigenvalue weighted by atomic mass is 16.5. The summed E-state index contributed by atoms with van der Waals surface area (Å²) in [6, 6.07) is -0.557. The van der Waals surface area contributed by atoms with Crippen molar-refractivity contribution in [3.05, 3.63) is 0 Å². The molecule has 6 heteroatoms. The van der Waals surface area contributed by atoms with E-state index >= 15 is 0 Å². The summed E-state index contributed by atoms with van der Waals surface area (Å²) in [6.07, 6.45) is 63.8. The van der Waals surface area contributed by atoms with E-state index in [9.17, 15) is 19.8 Å². The summed E-state index contributed by atoms with van der Waals surface area (Å²) in [6.45, 7) is 4.94. The molecule has 2 atom stereocenters. The number of aliphatic hydroxyl groups is 2. The molecule has 0 aromatic carbocycles. The number of unbranched alkanes of at least 4 members (excludes halogenated alkanes) is 45. The second-order valence-electron chi connectivity index (χ2n) is 20.7. The molecule has 0 aliphatic rings. The molecular weight excluding hydrogens is 803 g/mol. The number of carbonyl (C=O) groups is 2. The number of rotatable bonds is 56. The highest BCUT2D eigenvalue weighted by Crippen LogP contribution is 2.18. The van der Waals surface area contributed by atoms with Gasteiger partial charge in [-0.1, -0.05) is 303 Å². The normalized spacial score (nSPS) is 12.5. The van der Waals surface area contributed by atoms with Crippen molar-refractivity contribution in [3.63, 3.8) is 0 Å². The third-order valence-corrected chi connectivity index (χ3v) is 14.2. The average Bonchev–Trinajstić information content (AvgIpc) is 3.31. The van der Waals surface area contributed by atoms with Gasteiger partial charge in [-0.05, 0) is 25.7 Å². The standard InChI is InChI=1S/C59H117NO5/c1-3-5-7-9-11-13-15-17-19-21-22-23-24-25-26-27-29-31-35-39-43-47-51-57(62)56(55-61)60-58(63)52-48-44-40-36-33-34-38-42-46-50-54-65-59(64)53-49-45-41-37-32-30-28-20-18-16-14-12-10-8-6-4-2/h56-57,61-62H,3-55H2,1-2H3,(H,60,63). The fourth-order valence-electron chi connectivity index (χ4n) is 9.58. The number of amides is 1. The van der Waals surface area contributed by atoms with Crippen LogP contribution in [-0.4, -0.2) is 47.4 Å². The Morgan fingerprint density at radius 1 is 0.369 bits per heavy atom. The summed E-state index contributed by atoms with van der Waals surface area (Å²) < 4.78 is 5.47. The zero-order valence-electron chi connectivity index (χ0n) is 44.3. The Morgan fingerprint density at radius 3 is 0.938 bits per heavy atom. The van der Waals surface area contributed by atoms with E-state index in [0.29, 0.717) is 25.9 Å². The summed E-state index contributed by atoms with van der Waals surface area (Å²) in [4.78, 5) is 24.6. The molecule has 0 fully saturated rings. The molecule has 3 N–H and O–H groups in total. The lowest BCUT2D eigenvalue weighted by molar-refractivity contribution is -0.143. The number of esters is 1. The van der Waals surface area contributed by atoms with Gasteiger partial charge in [0.25, 0.3) is 0 Å². The molecule has 0 saturated heterocycles. The number of hydrogen-bond donors (Lipinski definition) is 3. The van der Waals surface area contributed by atoms with Crippen molar-refractivity contribution in [2.45, 2.75) is 353 Å². The Kier molecular flexibility index (Phi) is 54.5. The molecule has 2 unspecified atom stereocenters. The summed E-state index contributed by atoms with van der Waals surface area (Å²) in [5.74, 6) is -0.0664. The molecule has 1 amide bonds. The van der Waals surface area contributed by atoms with Crippen molar-refractivity contribution < 1.29 is 24.5 Å². The molecule has 0 rings (SSSR count). The maximum atomic E-state index is 12.5. The zero-order valence-corrected chi connectivity index (χ0v) is 44.3. The molecule has 0 aliphatic heterocycles. The third-order valence-electron chi connectivity index (χ3n) is 14.2. The second kappa shape index (κ2) is 55.5. The van der Waals surface area contributed by atoms with E-state index in [1.54, 1.807) is 0 Å². The maximum Gasteiger partial charge on any atom is 0.305 e. The van der Waals surface area contributed by atoms with E-state index in [2.05, 4.69) is 19.2 Å². The van der Waals surface area contributed by atoms with Crippen molar-refractivity contribution in [1.29, 1.82) is 0 Å². The third kappa shape index (κ3) is 52.1. The zero-order chi connectivity index (χ0) is 47.2. The van der Waals surface area contributed by atoms with Crippen LogP contribution in [0.3, 0.4) is 0 Å². The molecule has 6 nitrogen and oxygen atoms in total. The van der Waals surface area contributed by atoms with Crippen molar-refractivity contribution in [3.8, 4) is 0 Å². The van der Waals surface area contributed by atoms with Gasteiger partial charge in [0.05, 0.1) is 25.4 Å². The highest BCUT2D eigenvalue weighted by molar-refractivity contribution is 5.76. The van der Waals surface area contributed by atoms with Gasteiger partial charge >= 0.3 is 5.97 Å². The Balaban J connectivity index is 3.44. The first-order valence-corrected chi connectivity index (χ1v) is 29.8. The van der Waals surface area contributed by atoms with Crippen molar-refractivity contribution >= 4 is 11.9 Å². The predicted molar refractivity (Wildman–Crippen MR) is 283 cm³/mol. The number of hydrogen-bond acceptors (Lipinski definition) is 5. The van der Waals surface area contributed by atoms with Crippen molar-refractivity contribution in [1.82, 2.24) is 5.32 Å². The first-order valence-electron chi connectivity index (χ1n) is 29.8. The van der Waals surface area contributed by atoms with E-state index in [1.807, 2.05) is 0 Å². The predicted octanol–water partition coefficient (Wildman–Crippen LogP) is 18.3. The van der Waals surface area contributed by atoms with Gasteiger partial charge in [-0.25, -0.2) is 0 Å². The molecule has 0 heterocycles. The maximum absolute atomic E-state index is 12.5. The minimum atomic E-state index is -0.678. The van der Waals surface area contributed by atoms with Gasteiger partial charge in [-0.3, -0.25) is 9.59 Å². The molecule has 0 saturated carbocycles. The van der Waals surface area contributed by atoms with E-state index in [-0.39, 0.29) is 18.5 Å². The van der Waals surface area contributed by atoms with E-state index in [1.165, 1.54) is 250 Å². The fraction of sp³-hybridized carbons (Fsp3) is 0.966. The largest absolute Gasteiger partial charge is 0.466 e. The van der Waals surface area contributed by atoms with Gasteiger partial charge in [0.2, 0.25) is 5.91 Å². The monoisotopic (exact) mass is 920 g/mol. The Bertz CT molecular complexity index is 928. The summed E-state index contributed by atoms with van der Waals surface area (Å²) in [5, 5.41) is 23.3. The Hall–Kier alpha value is -1.14. The van der Waals surface area contributed by atoms with E-state index in [4.69, 9.17) is 4.74 Å². The van der Waals surface area contributed by atoms with Gasteiger partial charge < -0.3 is 20.3 Å². The van der Waals surface area contributed by atoms with Crippen molar-refractivity contribution in [2.24, 2.45) is 0 Å². The van der Waals surface area contributed by atoms with E-state index < -0.39 is 12.1 Å². The van der Waals surface area contributed by atoms with Gasteiger partial charge in [0.15, 0.2) is 0 Å². The fourth-order valence-corrected chi connectivity index (χ4v) is 9.58. The number of aliphatic hydroxyl groups excluding tert-OH is 2. The smallest absolute Gasteiger partial charge is 0.305 e. The quantitative estimate of drug-likeness (QED) is 0.0417. The van der Waals surface area contributed by atoms with Gasteiger partial charge in [0.1, 0.15) is 0 Å². The molecular formula is C59H117NO5. The van der Waals surface area contributed by atoms with Crippen LogP contribution in [0.4, 0.5) is 0 Å². The number of ether oxygens (including phenoxy) is 1. The lowest BCUT2D eigenvalue weighted by Gasteiger charge is -2.22. The number of carbonyl (C=O) groups excluding carboxylic acids is 2. The minimum absolute atomic E-state index is 0.0137. The molecule has 0 spiro atoms. The van der Waals surface area contributed by atoms with Gasteiger partial charge in [0, 0.05) is 12.8 Å². The lowest BCUT2D eigenvalue weighted by Crippen LogP contribution is -2.45. The SMILES string of the molecule is CCCCCCCCCCCCCCCCCCCCCCCCC(O)C(CO)NC(=O)CCCCCCCCCCCCOC(=O)CCCCCCCCCCCCCCCCCC. The second-order valence-corrected chi connectivity index (χ2v) is 20.7. The summed E-state index contributed by atoms with van der Waals surface area (Å²) in [7, 11) is 0. The van der Waals surface area contributed by atoms with Crippen LogP contribution in [-0.2, 0) is 14.3 Å². The first-order chi connectivity index (χ1) is 32.0. The van der Waals surface area contributed by atoms with Crippen LogP contribution >= 0.6 is 0 Å². The van der Waals surface area contributed by atoms with Crippen LogP contribution in [0.5, 0.6) is 0 Å². The average molecular weight is 921 g/mol. The topological polar surface area (TPSA) is 95.9 Å². The molecule has 0 bridgehead atoms. The van der Waals surface area contributed by atoms with Crippen LogP contribution in [0.2, 0.25) is 0 Å². The van der Waals surface area contributed by atoms with Crippen molar-refractivity contribution in [2.75, 3.05) is 13.2 Å². The van der Waals surface area contributed by atoms with Crippen LogP contribution in [0.1, 0.15) is 341 Å². The summed E-state index contributed by atoms with van der Waals surface area (Å²) >= 11 is 0. The Labute approximate surface area is 406 Å². The highest BCUT2D eigenvalue weighted by Gasteiger charge is 2.20. The first kappa shape index (κ1) is 63.9. The lowest BCUT2D eigenvalue weighted by atomic mass is 10.0. The minimum Gasteiger partial charge on any atom is -0.466 e. The molecule has 65 heavy (non-hydrogen) atoms. The van der Waals surface area contributed by atoms with Crippen LogP contribution in [0, 0.1) is 0 Å². The molecule has 388 valence electrons. The molecule has 0 radical (unpaired) electrons. The summed E-state index contributed by atoms with van der Waals surface area (Å²) in [5.41, 5.74) is 0. The van der Waals surface area contributed by atoms with Gasteiger partial charge in [-0.2, -0.15) is 0 Å².